The van der Waals surface area contributed by atoms with E-state index in [4.69, 9.17) is 0 Å². The molecule has 0 radical (unpaired) electrons. The maximum atomic E-state index is 12.3. The lowest BCUT2D eigenvalue weighted by Crippen LogP contribution is -2.51. The standard InChI is InChI=1S/C13H18N2O2S/c1-9-6-11(14-10(2)16)8-15(7-9)13(17)12-4-3-5-18-12/h3-5,9,11H,6-8H2,1-2H3,(H,14,16). The first kappa shape index (κ1) is 13.1. The van der Waals surface area contributed by atoms with Crippen LogP contribution in [0, 0.1) is 5.92 Å². The van der Waals surface area contributed by atoms with Gasteiger partial charge in [-0.25, -0.2) is 0 Å². The van der Waals surface area contributed by atoms with Gasteiger partial charge in [0.25, 0.3) is 5.91 Å². The first-order valence-corrected chi connectivity index (χ1v) is 7.04. The molecular weight excluding hydrogens is 248 g/mol. The lowest BCUT2D eigenvalue weighted by atomic mass is 9.95. The highest BCUT2D eigenvalue weighted by molar-refractivity contribution is 7.12. The van der Waals surface area contributed by atoms with Crippen LogP contribution in [-0.4, -0.2) is 35.8 Å². The molecule has 2 unspecified atom stereocenters. The Labute approximate surface area is 111 Å². The molecule has 2 atom stereocenters. The van der Waals surface area contributed by atoms with Crippen LogP contribution in [0.15, 0.2) is 17.5 Å². The van der Waals surface area contributed by atoms with Crippen LogP contribution in [0.25, 0.3) is 0 Å². The highest BCUT2D eigenvalue weighted by atomic mass is 32.1. The monoisotopic (exact) mass is 266 g/mol. The molecule has 0 bridgehead atoms. The summed E-state index contributed by atoms with van der Waals surface area (Å²) in [6.45, 7) is 5.01. The number of nitrogens with one attached hydrogen (secondary N) is 1. The summed E-state index contributed by atoms with van der Waals surface area (Å²) in [7, 11) is 0. The van der Waals surface area contributed by atoms with Gasteiger partial charge in [-0.15, -0.1) is 11.3 Å². The minimum absolute atomic E-state index is 0.0300. The molecular formula is C13H18N2O2S. The lowest BCUT2D eigenvalue weighted by molar-refractivity contribution is -0.120. The van der Waals surface area contributed by atoms with Gasteiger partial charge >= 0.3 is 0 Å². The molecule has 98 valence electrons. The molecule has 1 aromatic heterocycles. The van der Waals surface area contributed by atoms with Crippen LogP contribution in [-0.2, 0) is 4.79 Å². The van der Waals surface area contributed by atoms with Crippen LogP contribution in [0.2, 0.25) is 0 Å². The van der Waals surface area contributed by atoms with Crippen molar-refractivity contribution in [1.29, 1.82) is 0 Å². The van der Waals surface area contributed by atoms with Crippen molar-refractivity contribution in [3.63, 3.8) is 0 Å². The summed E-state index contributed by atoms with van der Waals surface area (Å²) in [5.74, 6) is 0.462. The normalized spacial score (nSPS) is 23.8. The zero-order valence-electron chi connectivity index (χ0n) is 10.7. The average Bonchev–Trinajstić information content (AvgIpc) is 2.79. The number of amides is 2. The fourth-order valence-electron chi connectivity index (χ4n) is 2.47. The van der Waals surface area contributed by atoms with Crippen molar-refractivity contribution in [3.05, 3.63) is 22.4 Å². The number of likely N-dealkylation sites (tertiary alicyclic amines) is 1. The Bertz CT molecular complexity index is 430. The van der Waals surface area contributed by atoms with Gasteiger partial charge in [0.1, 0.15) is 0 Å². The highest BCUT2D eigenvalue weighted by Gasteiger charge is 2.29. The number of hydrogen-bond donors (Lipinski definition) is 1. The van der Waals surface area contributed by atoms with Crippen molar-refractivity contribution < 1.29 is 9.59 Å². The Morgan fingerprint density at radius 3 is 2.83 bits per heavy atom. The zero-order chi connectivity index (χ0) is 13.1. The van der Waals surface area contributed by atoms with Gasteiger partial charge in [-0.2, -0.15) is 0 Å². The summed E-state index contributed by atoms with van der Waals surface area (Å²) in [6, 6.07) is 3.81. The largest absolute Gasteiger partial charge is 0.352 e. The third-order valence-electron chi connectivity index (χ3n) is 3.09. The molecule has 2 amide bonds. The van der Waals surface area contributed by atoms with Crippen molar-refractivity contribution in [2.45, 2.75) is 26.3 Å². The molecule has 5 heteroatoms. The number of rotatable bonds is 2. The molecule has 1 saturated heterocycles. The second-order valence-electron chi connectivity index (χ2n) is 4.93. The molecule has 1 aromatic rings. The number of carbonyl (C=O) groups excluding carboxylic acids is 2. The molecule has 0 aromatic carbocycles. The van der Waals surface area contributed by atoms with Crippen LogP contribution in [0.4, 0.5) is 0 Å². The van der Waals surface area contributed by atoms with Gasteiger partial charge in [0.2, 0.25) is 5.91 Å². The summed E-state index contributed by atoms with van der Waals surface area (Å²) in [5.41, 5.74) is 0. The van der Waals surface area contributed by atoms with Gasteiger partial charge < -0.3 is 10.2 Å². The molecule has 1 N–H and O–H groups in total. The van der Waals surface area contributed by atoms with Gasteiger partial charge in [-0.3, -0.25) is 9.59 Å². The average molecular weight is 266 g/mol. The van der Waals surface area contributed by atoms with E-state index in [9.17, 15) is 9.59 Å². The lowest BCUT2D eigenvalue weighted by Gasteiger charge is -2.36. The fraction of sp³-hybridized carbons (Fsp3) is 0.538. The first-order chi connectivity index (χ1) is 8.56. The number of nitrogens with zero attached hydrogens (tertiary/aromatic N) is 1. The molecule has 2 rings (SSSR count). The number of hydrogen-bond acceptors (Lipinski definition) is 3. The third kappa shape index (κ3) is 3.10. The van der Waals surface area contributed by atoms with Crippen molar-refractivity contribution >= 4 is 23.2 Å². The topological polar surface area (TPSA) is 49.4 Å². The summed E-state index contributed by atoms with van der Waals surface area (Å²) in [4.78, 5) is 26.0. The van der Waals surface area contributed by atoms with Crippen molar-refractivity contribution in [3.8, 4) is 0 Å². The van der Waals surface area contributed by atoms with Gasteiger partial charge in [0.05, 0.1) is 4.88 Å². The van der Waals surface area contributed by atoms with Crippen LogP contribution in [0.5, 0.6) is 0 Å². The van der Waals surface area contributed by atoms with Crippen LogP contribution in [0.1, 0.15) is 29.9 Å². The maximum Gasteiger partial charge on any atom is 0.263 e. The van der Waals surface area contributed by atoms with Gasteiger partial charge in [-0.1, -0.05) is 13.0 Å². The molecule has 4 nitrogen and oxygen atoms in total. The van der Waals surface area contributed by atoms with Crippen molar-refractivity contribution in [1.82, 2.24) is 10.2 Å². The van der Waals surface area contributed by atoms with E-state index >= 15 is 0 Å². The summed E-state index contributed by atoms with van der Waals surface area (Å²) in [5, 5.41) is 4.82. The molecule has 0 saturated carbocycles. The molecule has 0 spiro atoms. The van der Waals surface area contributed by atoms with Crippen molar-refractivity contribution in [2.75, 3.05) is 13.1 Å². The zero-order valence-corrected chi connectivity index (χ0v) is 11.5. The minimum atomic E-state index is -0.0300. The van der Waals surface area contributed by atoms with E-state index in [1.54, 1.807) is 0 Å². The Morgan fingerprint density at radius 2 is 2.22 bits per heavy atom. The number of thiophene rings is 1. The van der Waals surface area contributed by atoms with E-state index in [1.165, 1.54) is 18.3 Å². The molecule has 1 aliphatic rings. The van der Waals surface area contributed by atoms with Crippen LogP contribution >= 0.6 is 11.3 Å². The van der Waals surface area contributed by atoms with Crippen LogP contribution in [0.3, 0.4) is 0 Å². The second-order valence-corrected chi connectivity index (χ2v) is 5.87. The molecule has 1 fully saturated rings. The van der Waals surface area contributed by atoms with Crippen LogP contribution < -0.4 is 5.32 Å². The molecule has 2 heterocycles. The Kier molecular flexibility index (Phi) is 4.01. The summed E-state index contributed by atoms with van der Waals surface area (Å²) < 4.78 is 0. The highest BCUT2D eigenvalue weighted by Crippen LogP contribution is 2.20. The SMILES string of the molecule is CC(=O)NC1CC(C)CN(C(=O)c2cccs2)C1. The summed E-state index contributed by atoms with van der Waals surface area (Å²) >= 11 is 1.46. The first-order valence-electron chi connectivity index (χ1n) is 6.16. The van der Waals surface area contributed by atoms with Crippen molar-refractivity contribution in [2.24, 2.45) is 5.92 Å². The molecule has 18 heavy (non-hydrogen) atoms. The van der Waals surface area contributed by atoms with E-state index in [0.29, 0.717) is 12.5 Å². The maximum absolute atomic E-state index is 12.3. The van der Waals surface area contributed by atoms with Gasteiger partial charge in [0, 0.05) is 26.1 Å². The fourth-order valence-corrected chi connectivity index (χ4v) is 3.16. The van der Waals surface area contributed by atoms with E-state index in [0.717, 1.165) is 17.8 Å². The second kappa shape index (κ2) is 5.52. The predicted molar refractivity (Wildman–Crippen MR) is 71.6 cm³/mol. The minimum Gasteiger partial charge on any atom is -0.352 e. The van der Waals surface area contributed by atoms with Gasteiger partial charge in [0.15, 0.2) is 0 Å². The Morgan fingerprint density at radius 1 is 1.44 bits per heavy atom. The number of carbonyl (C=O) groups is 2. The molecule has 1 aliphatic heterocycles. The van der Waals surface area contributed by atoms with E-state index in [1.807, 2.05) is 22.4 Å². The quantitative estimate of drug-likeness (QED) is 0.886. The predicted octanol–water partition coefficient (Wildman–Crippen LogP) is 1.73. The van der Waals surface area contributed by atoms with E-state index < -0.39 is 0 Å². The molecule has 0 aliphatic carbocycles. The number of piperidine rings is 1. The summed E-state index contributed by atoms with van der Waals surface area (Å²) in [6.07, 6.45) is 0.938. The van der Waals surface area contributed by atoms with Gasteiger partial charge in [-0.05, 0) is 23.8 Å². The Hall–Kier alpha value is -1.36. The third-order valence-corrected chi connectivity index (χ3v) is 3.94. The Balaban J connectivity index is 2.04. The van der Waals surface area contributed by atoms with E-state index in [2.05, 4.69) is 12.2 Å². The smallest absolute Gasteiger partial charge is 0.263 e. The van der Waals surface area contributed by atoms with E-state index in [-0.39, 0.29) is 17.9 Å².